The van der Waals surface area contributed by atoms with Crippen molar-refractivity contribution >= 4 is 0 Å². The first-order chi connectivity index (χ1) is 15.4. The molecule has 3 aliphatic carbocycles. The fourth-order valence-electron chi connectivity index (χ4n) is 6.33. The predicted octanol–water partition coefficient (Wildman–Crippen LogP) is 8.39. The van der Waals surface area contributed by atoms with Crippen molar-refractivity contribution in [1.29, 1.82) is 0 Å². The minimum atomic E-state index is -1.07. The molecule has 5 rings (SSSR count). The fraction of sp³-hybridized carbons (Fsp3) is 0.500. The molecule has 4 heteroatoms. The Balaban J connectivity index is 1.38. The largest absolute Gasteiger partial charge is 0.203 e. The Labute approximate surface area is 187 Å². The van der Waals surface area contributed by atoms with E-state index in [4.69, 9.17) is 0 Å². The number of fused-ring (bicyclic) bond motifs is 3. The zero-order valence-electron chi connectivity index (χ0n) is 18.8. The molecule has 0 radical (unpaired) electrons. The van der Waals surface area contributed by atoms with E-state index in [1.807, 2.05) is 0 Å². The molecule has 0 amide bonds. The number of aryl methyl sites for hydroxylation is 1. The summed E-state index contributed by atoms with van der Waals surface area (Å²) < 4.78 is 59.1. The van der Waals surface area contributed by atoms with Crippen molar-refractivity contribution in [2.24, 2.45) is 17.8 Å². The predicted molar refractivity (Wildman–Crippen MR) is 120 cm³/mol. The van der Waals surface area contributed by atoms with Crippen LogP contribution in [0.15, 0.2) is 24.3 Å². The zero-order chi connectivity index (χ0) is 22.6. The molecule has 2 aromatic rings. The molecule has 0 spiro atoms. The summed E-state index contributed by atoms with van der Waals surface area (Å²) in [6.07, 6.45) is 12.5. The van der Waals surface area contributed by atoms with Gasteiger partial charge in [0.1, 0.15) is 0 Å². The summed E-state index contributed by atoms with van der Waals surface area (Å²) in [6.45, 7) is 3.72. The standard InChI is InChI=1S/C28H30F4/c1-3-16-4-6-17(7-5-16)18-8-10-19(11-9-18)22-14-21-13-20-12-15(2)25(29)27(31)23(20)24(21)28(32)26(22)30/h4,6,12,14,16-19H,3,5,7-11,13H2,1-2H3. The van der Waals surface area contributed by atoms with Gasteiger partial charge in [-0.25, -0.2) is 17.6 Å². The SMILES string of the molecule is CCC1C=CC(C2CCC(c3cc4c(c(F)c3F)-c3c(cc(C)c(F)c3F)C4)CC2)CC1. The van der Waals surface area contributed by atoms with Gasteiger partial charge in [-0.05, 0) is 104 Å². The average Bonchev–Trinajstić information content (AvgIpc) is 3.18. The number of hydrogen-bond acceptors (Lipinski definition) is 0. The third-order valence-electron chi connectivity index (χ3n) is 8.26. The van der Waals surface area contributed by atoms with Crippen molar-refractivity contribution in [2.45, 2.75) is 71.1 Å². The number of hydrogen-bond donors (Lipinski definition) is 0. The lowest BCUT2D eigenvalue weighted by Gasteiger charge is -2.35. The zero-order valence-corrected chi connectivity index (χ0v) is 18.8. The van der Waals surface area contributed by atoms with Crippen LogP contribution in [0, 0.1) is 47.9 Å². The highest BCUT2D eigenvalue weighted by Gasteiger charge is 2.35. The van der Waals surface area contributed by atoms with Crippen LogP contribution in [0.3, 0.4) is 0 Å². The van der Waals surface area contributed by atoms with Crippen LogP contribution in [0.4, 0.5) is 17.6 Å². The minimum absolute atomic E-state index is 0.0194. The minimum Gasteiger partial charge on any atom is -0.203 e. The van der Waals surface area contributed by atoms with Gasteiger partial charge in [-0.3, -0.25) is 0 Å². The topological polar surface area (TPSA) is 0 Å². The van der Waals surface area contributed by atoms with Crippen molar-refractivity contribution in [2.75, 3.05) is 0 Å². The summed E-state index contributed by atoms with van der Waals surface area (Å²) in [7, 11) is 0. The monoisotopic (exact) mass is 442 g/mol. The molecule has 2 atom stereocenters. The molecular formula is C28H30F4. The summed E-state index contributed by atoms with van der Waals surface area (Å²) in [5, 5.41) is 0. The van der Waals surface area contributed by atoms with Crippen molar-refractivity contribution in [3.8, 4) is 11.1 Å². The molecule has 1 saturated carbocycles. The lowest BCUT2D eigenvalue weighted by molar-refractivity contribution is 0.238. The van der Waals surface area contributed by atoms with E-state index in [2.05, 4.69) is 19.1 Å². The molecule has 0 nitrogen and oxygen atoms in total. The molecule has 32 heavy (non-hydrogen) atoms. The highest BCUT2D eigenvalue weighted by molar-refractivity contribution is 5.79. The van der Waals surface area contributed by atoms with Crippen LogP contribution < -0.4 is 0 Å². The molecule has 2 unspecified atom stereocenters. The molecular weight excluding hydrogens is 412 g/mol. The summed E-state index contributed by atoms with van der Waals surface area (Å²) in [5.74, 6) is -2.06. The quantitative estimate of drug-likeness (QED) is 0.282. The van der Waals surface area contributed by atoms with Gasteiger partial charge in [-0.15, -0.1) is 0 Å². The summed E-state index contributed by atoms with van der Waals surface area (Å²) in [6, 6.07) is 3.27. The van der Waals surface area contributed by atoms with Crippen molar-refractivity contribution in [3.05, 3.63) is 69.8 Å². The third-order valence-corrected chi connectivity index (χ3v) is 8.26. The van der Waals surface area contributed by atoms with Gasteiger partial charge in [0.25, 0.3) is 0 Å². The van der Waals surface area contributed by atoms with Crippen LogP contribution in [0.2, 0.25) is 0 Å². The molecule has 1 fully saturated rings. The molecule has 0 N–H and O–H groups in total. The van der Waals surface area contributed by atoms with E-state index in [1.54, 1.807) is 12.1 Å². The Bertz CT molecular complexity index is 1080. The Morgan fingerprint density at radius 1 is 0.750 bits per heavy atom. The fourth-order valence-corrected chi connectivity index (χ4v) is 6.33. The van der Waals surface area contributed by atoms with Crippen molar-refractivity contribution in [1.82, 2.24) is 0 Å². The maximum absolute atomic E-state index is 15.2. The van der Waals surface area contributed by atoms with Gasteiger partial charge in [0.15, 0.2) is 23.3 Å². The summed E-state index contributed by atoms with van der Waals surface area (Å²) in [5.41, 5.74) is 1.50. The van der Waals surface area contributed by atoms with E-state index >= 15 is 8.78 Å². The second-order valence-electron chi connectivity index (χ2n) is 10.1. The molecule has 170 valence electrons. The van der Waals surface area contributed by atoms with E-state index < -0.39 is 23.3 Å². The van der Waals surface area contributed by atoms with Crippen LogP contribution in [-0.4, -0.2) is 0 Å². The second-order valence-corrected chi connectivity index (χ2v) is 10.1. The van der Waals surface area contributed by atoms with Gasteiger partial charge in [-0.1, -0.05) is 31.2 Å². The summed E-state index contributed by atoms with van der Waals surface area (Å²) in [4.78, 5) is 0. The molecule has 3 aliphatic rings. The van der Waals surface area contributed by atoms with Crippen molar-refractivity contribution in [3.63, 3.8) is 0 Å². The lowest BCUT2D eigenvalue weighted by atomic mass is 9.70. The van der Waals surface area contributed by atoms with Crippen LogP contribution in [-0.2, 0) is 6.42 Å². The maximum Gasteiger partial charge on any atom is 0.167 e. The van der Waals surface area contributed by atoms with Gasteiger partial charge in [-0.2, -0.15) is 0 Å². The highest BCUT2D eigenvalue weighted by Crippen LogP contribution is 2.47. The van der Waals surface area contributed by atoms with E-state index in [0.717, 1.165) is 25.7 Å². The second kappa shape index (κ2) is 8.35. The van der Waals surface area contributed by atoms with Gasteiger partial charge in [0.2, 0.25) is 0 Å². The highest BCUT2D eigenvalue weighted by atomic mass is 19.2. The number of rotatable bonds is 3. The molecule has 0 heterocycles. The average molecular weight is 443 g/mol. The van der Waals surface area contributed by atoms with Gasteiger partial charge in [0, 0.05) is 11.1 Å². The Kier molecular flexibility index (Phi) is 5.67. The maximum atomic E-state index is 15.2. The number of halogens is 4. The number of benzene rings is 2. The van der Waals surface area contributed by atoms with Crippen LogP contribution in [0.1, 0.15) is 80.0 Å². The molecule has 2 aromatic carbocycles. The van der Waals surface area contributed by atoms with Crippen LogP contribution in [0.25, 0.3) is 11.1 Å². The molecule has 0 aliphatic heterocycles. The van der Waals surface area contributed by atoms with Crippen LogP contribution >= 0.6 is 0 Å². The smallest absolute Gasteiger partial charge is 0.167 e. The van der Waals surface area contributed by atoms with E-state index in [0.29, 0.717) is 40.9 Å². The number of allylic oxidation sites excluding steroid dienone is 2. The first-order valence-corrected chi connectivity index (χ1v) is 12.1. The molecule has 0 saturated heterocycles. The first-order valence-electron chi connectivity index (χ1n) is 12.1. The Morgan fingerprint density at radius 2 is 1.41 bits per heavy atom. The first kappa shape index (κ1) is 21.7. The van der Waals surface area contributed by atoms with Gasteiger partial charge >= 0.3 is 0 Å². The molecule has 0 aromatic heterocycles. The summed E-state index contributed by atoms with van der Waals surface area (Å²) >= 11 is 0. The lowest BCUT2D eigenvalue weighted by Crippen LogP contribution is -2.23. The van der Waals surface area contributed by atoms with Gasteiger partial charge in [0.05, 0.1) is 0 Å². The van der Waals surface area contributed by atoms with Crippen molar-refractivity contribution < 1.29 is 17.6 Å². The van der Waals surface area contributed by atoms with E-state index in [1.165, 1.54) is 26.2 Å². The Hall–Kier alpha value is -2.10. The Morgan fingerprint density at radius 3 is 2.03 bits per heavy atom. The van der Waals surface area contributed by atoms with E-state index in [-0.39, 0.29) is 22.6 Å². The van der Waals surface area contributed by atoms with Gasteiger partial charge < -0.3 is 0 Å². The van der Waals surface area contributed by atoms with E-state index in [9.17, 15) is 8.78 Å². The normalized spacial score (nSPS) is 26.8. The van der Waals surface area contributed by atoms with Crippen LogP contribution in [0.5, 0.6) is 0 Å². The molecule has 0 bridgehead atoms. The third kappa shape index (κ3) is 3.50.